The molecule has 2 aliphatic rings. The minimum atomic E-state index is -1.09. The van der Waals surface area contributed by atoms with Crippen LogP contribution in [0.3, 0.4) is 0 Å². The number of hydrogen-bond donors (Lipinski definition) is 1. The third-order valence-corrected chi connectivity index (χ3v) is 6.09. The van der Waals surface area contributed by atoms with Crippen LogP contribution in [-0.2, 0) is 16.8 Å². The molecule has 2 aromatic rings. The Morgan fingerprint density at radius 1 is 1.37 bits per heavy atom. The van der Waals surface area contributed by atoms with E-state index >= 15 is 0 Å². The van der Waals surface area contributed by atoms with Crippen molar-refractivity contribution in [3.63, 3.8) is 0 Å². The first-order chi connectivity index (χ1) is 13.0. The van der Waals surface area contributed by atoms with Gasteiger partial charge in [-0.25, -0.2) is 9.18 Å². The van der Waals surface area contributed by atoms with Gasteiger partial charge < -0.3 is 10.1 Å². The van der Waals surface area contributed by atoms with E-state index in [9.17, 15) is 18.8 Å². The Morgan fingerprint density at radius 3 is 2.93 bits per heavy atom. The van der Waals surface area contributed by atoms with E-state index in [1.54, 1.807) is 11.3 Å². The molecule has 0 bridgehead atoms. The Bertz CT molecular complexity index is 957. The molecule has 27 heavy (non-hydrogen) atoms. The predicted molar refractivity (Wildman–Crippen MR) is 96.5 cm³/mol. The van der Waals surface area contributed by atoms with Crippen molar-refractivity contribution in [3.05, 3.63) is 51.5 Å². The number of ether oxygens (including phenoxy) is 1. The molecule has 1 aromatic heterocycles. The van der Waals surface area contributed by atoms with E-state index in [1.165, 1.54) is 19.2 Å². The molecule has 1 saturated heterocycles. The van der Waals surface area contributed by atoms with Crippen molar-refractivity contribution in [2.75, 3.05) is 13.7 Å². The highest BCUT2D eigenvalue weighted by molar-refractivity contribution is 7.10. The molecular weight excluding hydrogens is 371 g/mol. The minimum absolute atomic E-state index is 0.0210. The molecule has 2 heterocycles. The van der Waals surface area contributed by atoms with Crippen LogP contribution in [0.5, 0.6) is 5.75 Å². The first-order valence-electron chi connectivity index (χ1n) is 8.54. The van der Waals surface area contributed by atoms with Gasteiger partial charge in [-0.3, -0.25) is 14.5 Å². The fourth-order valence-electron chi connectivity index (χ4n) is 3.76. The van der Waals surface area contributed by atoms with E-state index < -0.39 is 35.6 Å². The summed E-state index contributed by atoms with van der Waals surface area (Å²) < 4.78 is 18.7. The number of aryl methyl sites for hydroxylation is 1. The number of imide groups is 1. The van der Waals surface area contributed by atoms with Gasteiger partial charge in [0, 0.05) is 16.0 Å². The summed E-state index contributed by atoms with van der Waals surface area (Å²) in [5, 5.41) is 4.70. The van der Waals surface area contributed by atoms with Crippen LogP contribution in [0.15, 0.2) is 29.6 Å². The molecule has 4 rings (SSSR count). The molecule has 1 atom stereocenters. The predicted octanol–water partition coefficient (Wildman–Crippen LogP) is 2.86. The zero-order valence-corrected chi connectivity index (χ0v) is 15.4. The van der Waals surface area contributed by atoms with E-state index in [0.29, 0.717) is 6.42 Å². The lowest BCUT2D eigenvalue weighted by molar-refractivity contribution is -0.131. The van der Waals surface area contributed by atoms with Crippen molar-refractivity contribution < 1.29 is 23.5 Å². The number of hydrogen-bond acceptors (Lipinski definition) is 5. The maximum atomic E-state index is 13.9. The fourth-order valence-corrected chi connectivity index (χ4v) is 4.76. The van der Waals surface area contributed by atoms with Crippen LogP contribution in [0.4, 0.5) is 9.18 Å². The van der Waals surface area contributed by atoms with Crippen LogP contribution in [-0.4, -0.2) is 36.3 Å². The quantitative estimate of drug-likeness (QED) is 0.646. The van der Waals surface area contributed by atoms with Crippen molar-refractivity contribution in [1.29, 1.82) is 0 Å². The van der Waals surface area contributed by atoms with Crippen molar-refractivity contribution in [3.8, 4) is 5.75 Å². The summed E-state index contributed by atoms with van der Waals surface area (Å²) >= 11 is 1.56. The van der Waals surface area contributed by atoms with Gasteiger partial charge in [0.15, 0.2) is 17.3 Å². The summed E-state index contributed by atoms with van der Waals surface area (Å²) in [5.74, 6) is -1.59. The van der Waals surface area contributed by atoms with E-state index in [1.807, 2.05) is 11.4 Å². The topological polar surface area (TPSA) is 75.7 Å². The van der Waals surface area contributed by atoms with Crippen LogP contribution >= 0.6 is 11.3 Å². The number of thiophene rings is 1. The smallest absolute Gasteiger partial charge is 0.325 e. The minimum Gasteiger partial charge on any atom is -0.494 e. The number of nitrogens with one attached hydrogen (secondary N) is 1. The number of nitrogens with zero attached hydrogens (tertiary/aromatic N) is 1. The van der Waals surface area contributed by atoms with E-state index in [4.69, 9.17) is 4.74 Å². The van der Waals surface area contributed by atoms with E-state index in [-0.39, 0.29) is 11.3 Å². The molecule has 6 nitrogen and oxygen atoms in total. The zero-order valence-electron chi connectivity index (χ0n) is 14.6. The second-order valence-electron chi connectivity index (χ2n) is 6.61. The number of rotatable bonds is 4. The lowest BCUT2D eigenvalue weighted by Gasteiger charge is -2.31. The Labute approximate surface area is 158 Å². The van der Waals surface area contributed by atoms with Gasteiger partial charge >= 0.3 is 6.03 Å². The third-order valence-electron chi connectivity index (χ3n) is 5.11. The molecule has 1 aliphatic carbocycles. The number of carbonyl (C=O) groups excluding carboxylic acids is 3. The Morgan fingerprint density at radius 2 is 2.19 bits per heavy atom. The number of ketones is 1. The number of fused-ring (bicyclic) bond motifs is 2. The molecule has 0 unspecified atom stereocenters. The first-order valence-corrected chi connectivity index (χ1v) is 9.42. The summed E-state index contributed by atoms with van der Waals surface area (Å²) in [5.41, 5.74) is -0.187. The maximum absolute atomic E-state index is 13.9. The fraction of sp³-hybridized carbons (Fsp3) is 0.316. The molecule has 140 valence electrons. The van der Waals surface area contributed by atoms with E-state index in [0.717, 1.165) is 34.2 Å². The van der Waals surface area contributed by atoms with Gasteiger partial charge in [-0.05, 0) is 48.9 Å². The molecule has 1 N–H and O–H groups in total. The van der Waals surface area contributed by atoms with Gasteiger partial charge in [-0.15, -0.1) is 11.3 Å². The largest absolute Gasteiger partial charge is 0.494 e. The van der Waals surface area contributed by atoms with Crippen molar-refractivity contribution in [1.82, 2.24) is 10.2 Å². The first kappa shape index (κ1) is 17.7. The molecule has 1 aromatic carbocycles. The molecular formula is C19H17FN2O4S. The SMILES string of the molecule is COc1ccc(C(=O)CN2C(=O)N[C@@]3(CCCc4sccc43)C2=O)cc1F. The highest BCUT2D eigenvalue weighted by Crippen LogP contribution is 2.42. The lowest BCUT2D eigenvalue weighted by Crippen LogP contribution is -2.46. The van der Waals surface area contributed by atoms with Gasteiger partial charge in [0.05, 0.1) is 13.7 Å². The van der Waals surface area contributed by atoms with Crippen LogP contribution in [0.1, 0.15) is 33.6 Å². The molecule has 1 fully saturated rings. The zero-order chi connectivity index (χ0) is 19.2. The molecule has 1 aliphatic heterocycles. The number of methoxy groups -OCH3 is 1. The normalized spacial score (nSPS) is 21.3. The number of halogens is 1. The highest BCUT2D eigenvalue weighted by atomic mass is 32.1. The summed E-state index contributed by atoms with van der Waals surface area (Å²) in [6.45, 7) is -0.433. The van der Waals surface area contributed by atoms with Crippen LogP contribution in [0.25, 0.3) is 0 Å². The Kier molecular flexibility index (Phi) is 4.22. The highest BCUT2D eigenvalue weighted by Gasteiger charge is 2.54. The van der Waals surface area contributed by atoms with Gasteiger partial charge in [-0.2, -0.15) is 0 Å². The van der Waals surface area contributed by atoms with Crippen molar-refractivity contribution in [2.45, 2.75) is 24.8 Å². The average molecular weight is 388 g/mol. The standard InChI is InChI=1S/C19H17FN2O4S/c1-26-15-5-4-11(9-13(15)20)14(23)10-22-17(24)19(21-18(22)25)7-2-3-16-12(19)6-8-27-16/h4-6,8-9H,2-3,7,10H2,1H3,(H,21,25)/t19-/m1/s1. The molecule has 8 heteroatoms. The summed E-state index contributed by atoms with van der Waals surface area (Å²) in [4.78, 5) is 40.1. The second kappa shape index (κ2) is 6.45. The number of amides is 3. The van der Waals surface area contributed by atoms with Crippen LogP contribution in [0.2, 0.25) is 0 Å². The Balaban J connectivity index is 1.59. The summed E-state index contributed by atoms with van der Waals surface area (Å²) in [7, 11) is 1.33. The molecule has 0 radical (unpaired) electrons. The maximum Gasteiger partial charge on any atom is 0.325 e. The molecule has 1 spiro atoms. The van der Waals surface area contributed by atoms with E-state index in [2.05, 4.69) is 5.32 Å². The van der Waals surface area contributed by atoms with Gasteiger partial charge in [-0.1, -0.05) is 0 Å². The number of Topliss-reactive ketones (excluding diaryl/α,β-unsaturated/α-hetero) is 1. The summed E-state index contributed by atoms with van der Waals surface area (Å²) in [6.07, 6.45) is 2.16. The van der Waals surface area contributed by atoms with Crippen molar-refractivity contribution >= 4 is 29.1 Å². The van der Waals surface area contributed by atoms with Crippen LogP contribution < -0.4 is 10.1 Å². The van der Waals surface area contributed by atoms with Gasteiger partial charge in [0.2, 0.25) is 0 Å². The number of carbonyl (C=O) groups is 3. The number of benzene rings is 1. The Hall–Kier alpha value is -2.74. The average Bonchev–Trinajstić information content (AvgIpc) is 3.22. The van der Waals surface area contributed by atoms with Crippen LogP contribution in [0, 0.1) is 5.82 Å². The van der Waals surface area contributed by atoms with Gasteiger partial charge in [0.1, 0.15) is 5.54 Å². The van der Waals surface area contributed by atoms with Crippen molar-refractivity contribution in [2.24, 2.45) is 0 Å². The monoisotopic (exact) mass is 388 g/mol. The second-order valence-corrected chi connectivity index (χ2v) is 7.61. The molecule has 3 amide bonds. The molecule has 0 saturated carbocycles. The summed E-state index contributed by atoms with van der Waals surface area (Å²) in [6, 6.07) is 5.07. The third kappa shape index (κ3) is 2.71. The number of urea groups is 1. The lowest BCUT2D eigenvalue weighted by atomic mass is 9.80. The van der Waals surface area contributed by atoms with Gasteiger partial charge in [0.25, 0.3) is 5.91 Å².